The lowest BCUT2D eigenvalue weighted by Gasteiger charge is -2.10. The first-order valence-electron chi connectivity index (χ1n) is 5.13. The van der Waals surface area contributed by atoms with Gasteiger partial charge in [-0.05, 0) is 23.6 Å². The van der Waals surface area contributed by atoms with Crippen LogP contribution in [-0.4, -0.2) is 5.91 Å². The molecule has 0 radical (unpaired) electrons. The Labute approximate surface area is 106 Å². The van der Waals surface area contributed by atoms with Crippen molar-refractivity contribution in [3.8, 4) is 0 Å². The van der Waals surface area contributed by atoms with Crippen molar-refractivity contribution in [2.24, 2.45) is 5.73 Å². The van der Waals surface area contributed by atoms with E-state index < -0.39 is 23.6 Å². The molecule has 1 unspecified atom stereocenters. The molecule has 0 saturated heterocycles. The predicted octanol–water partition coefficient (Wildman–Crippen LogP) is 2.66. The molecule has 6 heteroatoms. The highest BCUT2D eigenvalue weighted by Gasteiger charge is 2.17. The summed E-state index contributed by atoms with van der Waals surface area (Å²) in [5.41, 5.74) is 5.90. The van der Waals surface area contributed by atoms with Gasteiger partial charge in [0.1, 0.15) is 6.04 Å². The third-order valence-electron chi connectivity index (χ3n) is 2.32. The van der Waals surface area contributed by atoms with Crippen LogP contribution in [0, 0.1) is 11.6 Å². The van der Waals surface area contributed by atoms with Gasteiger partial charge in [0.05, 0.1) is 0 Å². The first-order valence-corrected chi connectivity index (χ1v) is 6.01. The van der Waals surface area contributed by atoms with Crippen LogP contribution in [0.25, 0.3) is 0 Å². The van der Waals surface area contributed by atoms with Crippen molar-refractivity contribution in [2.45, 2.75) is 6.04 Å². The van der Waals surface area contributed by atoms with Crippen LogP contribution < -0.4 is 11.1 Å². The normalized spacial score (nSPS) is 12.2. The summed E-state index contributed by atoms with van der Waals surface area (Å²) in [6.07, 6.45) is 0. The van der Waals surface area contributed by atoms with E-state index in [0.29, 0.717) is 4.88 Å². The number of nitrogens with one attached hydrogen (secondary N) is 1. The first kappa shape index (κ1) is 12.7. The van der Waals surface area contributed by atoms with E-state index in [9.17, 15) is 13.6 Å². The summed E-state index contributed by atoms with van der Waals surface area (Å²) >= 11 is 1.36. The number of carbonyl (C=O) groups excluding carboxylic acids is 1. The number of thiophene rings is 1. The van der Waals surface area contributed by atoms with Gasteiger partial charge in [0.15, 0.2) is 11.6 Å². The summed E-state index contributed by atoms with van der Waals surface area (Å²) in [6, 6.07) is 5.83. The zero-order chi connectivity index (χ0) is 13.1. The second-order valence-electron chi connectivity index (χ2n) is 3.61. The molecular weight excluding hydrogens is 258 g/mol. The molecule has 1 aromatic carbocycles. The minimum absolute atomic E-state index is 0.172. The summed E-state index contributed by atoms with van der Waals surface area (Å²) < 4.78 is 25.7. The van der Waals surface area contributed by atoms with Crippen LogP contribution in [0.1, 0.15) is 10.9 Å². The van der Waals surface area contributed by atoms with E-state index >= 15 is 0 Å². The molecule has 1 atom stereocenters. The Morgan fingerprint density at radius 1 is 1.28 bits per heavy atom. The van der Waals surface area contributed by atoms with Gasteiger partial charge in [-0.1, -0.05) is 6.07 Å². The number of rotatable bonds is 3. The third-order valence-corrected chi connectivity index (χ3v) is 3.27. The molecule has 3 N–H and O–H groups in total. The third kappa shape index (κ3) is 2.72. The van der Waals surface area contributed by atoms with Crippen molar-refractivity contribution in [1.82, 2.24) is 0 Å². The number of benzene rings is 1. The Bertz CT molecular complexity index is 557. The van der Waals surface area contributed by atoms with Crippen LogP contribution in [0.15, 0.2) is 35.7 Å². The standard InChI is InChI=1S/C12H10F2N2OS/c13-8-4-3-7(6-9(8)14)16-12(17)11(15)10-2-1-5-18-10/h1-6,11H,15H2,(H,16,17). The lowest BCUT2D eigenvalue weighted by Crippen LogP contribution is -2.27. The van der Waals surface area contributed by atoms with Gasteiger partial charge in [0, 0.05) is 16.6 Å². The molecule has 0 spiro atoms. The molecule has 94 valence electrons. The Balaban J connectivity index is 2.09. The number of anilines is 1. The van der Waals surface area contributed by atoms with Crippen LogP contribution in [-0.2, 0) is 4.79 Å². The molecule has 1 heterocycles. The second-order valence-corrected chi connectivity index (χ2v) is 4.59. The molecule has 0 bridgehead atoms. The fourth-order valence-electron chi connectivity index (χ4n) is 1.39. The highest BCUT2D eigenvalue weighted by Crippen LogP contribution is 2.19. The van der Waals surface area contributed by atoms with E-state index in [1.54, 1.807) is 17.5 Å². The Hall–Kier alpha value is -1.79. The Kier molecular flexibility index (Phi) is 3.69. The number of hydrogen-bond acceptors (Lipinski definition) is 3. The molecule has 0 aliphatic carbocycles. The van der Waals surface area contributed by atoms with Crippen LogP contribution in [0.4, 0.5) is 14.5 Å². The molecule has 1 amide bonds. The zero-order valence-electron chi connectivity index (χ0n) is 9.19. The monoisotopic (exact) mass is 268 g/mol. The molecule has 2 aromatic rings. The van der Waals surface area contributed by atoms with Crippen molar-refractivity contribution in [3.05, 3.63) is 52.2 Å². The average molecular weight is 268 g/mol. The molecule has 2 rings (SSSR count). The Morgan fingerprint density at radius 2 is 2.06 bits per heavy atom. The van der Waals surface area contributed by atoms with Crippen molar-refractivity contribution >= 4 is 22.9 Å². The van der Waals surface area contributed by atoms with Gasteiger partial charge in [-0.3, -0.25) is 4.79 Å². The van der Waals surface area contributed by atoms with Crippen molar-refractivity contribution in [2.75, 3.05) is 5.32 Å². The number of amides is 1. The smallest absolute Gasteiger partial charge is 0.246 e. The quantitative estimate of drug-likeness (QED) is 0.899. The predicted molar refractivity (Wildman–Crippen MR) is 66.2 cm³/mol. The SMILES string of the molecule is NC(C(=O)Nc1ccc(F)c(F)c1)c1cccs1. The average Bonchev–Trinajstić information content (AvgIpc) is 2.86. The van der Waals surface area contributed by atoms with E-state index in [-0.39, 0.29) is 5.69 Å². The van der Waals surface area contributed by atoms with Gasteiger partial charge >= 0.3 is 0 Å². The second kappa shape index (κ2) is 5.24. The zero-order valence-corrected chi connectivity index (χ0v) is 10.0. The van der Waals surface area contributed by atoms with Crippen molar-refractivity contribution in [3.63, 3.8) is 0 Å². The van der Waals surface area contributed by atoms with Crippen molar-refractivity contribution in [1.29, 1.82) is 0 Å². The molecule has 3 nitrogen and oxygen atoms in total. The lowest BCUT2D eigenvalue weighted by molar-refractivity contribution is -0.117. The lowest BCUT2D eigenvalue weighted by atomic mass is 10.2. The molecular formula is C12H10F2N2OS. The van der Waals surface area contributed by atoms with Crippen LogP contribution in [0.5, 0.6) is 0 Å². The topological polar surface area (TPSA) is 55.1 Å². The van der Waals surface area contributed by atoms with Gasteiger partial charge < -0.3 is 11.1 Å². The summed E-state index contributed by atoms with van der Waals surface area (Å²) in [5.74, 6) is -2.45. The number of carbonyl (C=O) groups is 1. The number of halogens is 2. The van der Waals surface area contributed by atoms with E-state index in [1.807, 2.05) is 0 Å². The number of nitrogens with two attached hydrogens (primary N) is 1. The fourth-order valence-corrected chi connectivity index (χ4v) is 2.12. The summed E-state index contributed by atoms with van der Waals surface area (Å²) in [7, 11) is 0. The maximum Gasteiger partial charge on any atom is 0.246 e. The number of hydrogen-bond donors (Lipinski definition) is 2. The van der Waals surface area contributed by atoms with Crippen LogP contribution in [0.2, 0.25) is 0 Å². The van der Waals surface area contributed by atoms with E-state index in [0.717, 1.165) is 12.1 Å². The molecule has 18 heavy (non-hydrogen) atoms. The highest BCUT2D eigenvalue weighted by molar-refractivity contribution is 7.10. The van der Waals surface area contributed by atoms with Gasteiger partial charge in [0.2, 0.25) is 5.91 Å². The van der Waals surface area contributed by atoms with Crippen LogP contribution in [0.3, 0.4) is 0 Å². The minimum Gasteiger partial charge on any atom is -0.324 e. The first-order chi connectivity index (χ1) is 8.58. The minimum atomic E-state index is -1.02. The van der Waals surface area contributed by atoms with Gasteiger partial charge in [-0.25, -0.2) is 8.78 Å². The molecule has 1 aromatic heterocycles. The molecule has 0 saturated carbocycles. The summed E-state index contributed by atoms with van der Waals surface area (Å²) in [5, 5.41) is 4.24. The molecule has 0 fully saturated rings. The molecule has 0 aliphatic heterocycles. The van der Waals surface area contributed by atoms with Crippen molar-refractivity contribution < 1.29 is 13.6 Å². The van der Waals surface area contributed by atoms with E-state index in [1.165, 1.54) is 17.4 Å². The highest BCUT2D eigenvalue weighted by atomic mass is 32.1. The fraction of sp³-hybridized carbons (Fsp3) is 0.0833. The largest absolute Gasteiger partial charge is 0.324 e. The van der Waals surface area contributed by atoms with Gasteiger partial charge in [0.25, 0.3) is 0 Å². The van der Waals surface area contributed by atoms with Gasteiger partial charge in [-0.15, -0.1) is 11.3 Å². The Morgan fingerprint density at radius 3 is 2.67 bits per heavy atom. The maximum atomic E-state index is 12.9. The summed E-state index contributed by atoms with van der Waals surface area (Å²) in [6.45, 7) is 0. The maximum absolute atomic E-state index is 12.9. The van der Waals surface area contributed by atoms with E-state index in [2.05, 4.69) is 5.32 Å². The van der Waals surface area contributed by atoms with Gasteiger partial charge in [-0.2, -0.15) is 0 Å². The van der Waals surface area contributed by atoms with E-state index in [4.69, 9.17) is 5.73 Å². The molecule has 0 aliphatic rings. The summed E-state index contributed by atoms with van der Waals surface area (Å²) in [4.78, 5) is 12.5. The van der Waals surface area contributed by atoms with Crippen LogP contribution >= 0.6 is 11.3 Å².